The van der Waals surface area contributed by atoms with Crippen LogP contribution in [0.3, 0.4) is 0 Å². The zero-order valence-corrected chi connectivity index (χ0v) is 15.4. The molecule has 0 amide bonds. The van der Waals surface area contributed by atoms with Crippen molar-refractivity contribution < 1.29 is 9.13 Å². The van der Waals surface area contributed by atoms with Gasteiger partial charge in [-0.15, -0.1) is 11.6 Å². The van der Waals surface area contributed by atoms with Crippen molar-refractivity contribution in [2.75, 3.05) is 13.2 Å². The lowest BCUT2D eigenvalue weighted by Gasteiger charge is -2.42. The van der Waals surface area contributed by atoms with Crippen LogP contribution in [0.1, 0.15) is 24.1 Å². The number of pyridine rings is 1. The molecule has 6 heteroatoms. The van der Waals surface area contributed by atoms with Gasteiger partial charge in [-0.3, -0.25) is 4.79 Å². The Morgan fingerprint density at radius 1 is 1.35 bits per heavy atom. The van der Waals surface area contributed by atoms with Crippen LogP contribution in [0.5, 0.6) is 0 Å². The van der Waals surface area contributed by atoms with E-state index in [9.17, 15) is 9.18 Å². The van der Waals surface area contributed by atoms with Crippen molar-refractivity contribution in [3.8, 4) is 0 Å². The van der Waals surface area contributed by atoms with Crippen LogP contribution >= 0.6 is 34.2 Å². The van der Waals surface area contributed by atoms with Gasteiger partial charge in [-0.2, -0.15) is 0 Å². The number of benzene rings is 1. The number of rotatable bonds is 1. The van der Waals surface area contributed by atoms with Gasteiger partial charge in [0.1, 0.15) is 5.82 Å². The van der Waals surface area contributed by atoms with Crippen molar-refractivity contribution >= 4 is 45.1 Å². The van der Waals surface area contributed by atoms with Crippen LogP contribution < -0.4 is 5.43 Å². The molecular formula is C17H16ClFINO2. The highest BCUT2D eigenvalue weighted by Gasteiger charge is 2.38. The van der Waals surface area contributed by atoms with Crippen LogP contribution in [0.25, 0.3) is 10.9 Å². The molecule has 2 aliphatic heterocycles. The summed E-state index contributed by atoms with van der Waals surface area (Å²) in [6.45, 7) is 2.30. The summed E-state index contributed by atoms with van der Waals surface area (Å²) < 4.78 is 22.4. The van der Waals surface area contributed by atoms with E-state index >= 15 is 0 Å². The van der Waals surface area contributed by atoms with Gasteiger partial charge < -0.3 is 9.30 Å². The predicted octanol–water partition coefficient (Wildman–Crippen LogP) is 3.84. The maximum absolute atomic E-state index is 14.1. The molecule has 0 aliphatic carbocycles. The monoisotopic (exact) mass is 447 g/mol. The molecule has 3 heterocycles. The summed E-state index contributed by atoms with van der Waals surface area (Å²) in [5.74, 6) is -0.0537. The third-order valence-corrected chi connectivity index (χ3v) is 6.55. The Morgan fingerprint density at radius 2 is 2.09 bits per heavy atom. The fourth-order valence-electron chi connectivity index (χ4n) is 4.02. The highest BCUT2D eigenvalue weighted by atomic mass is 127. The van der Waals surface area contributed by atoms with Gasteiger partial charge in [0.2, 0.25) is 5.43 Å². The van der Waals surface area contributed by atoms with E-state index in [4.69, 9.17) is 16.3 Å². The molecule has 1 saturated heterocycles. The molecule has 1 spiro atoms. The molecule has 3 nitrogen and oxygen atoms in total. The second kappa shape index (κ2) is 5.70. The zero-order chi connectivity index (χ0) is 16.2. The molecule has 1 aromatic carbocycles. The Labute approximate surface area is 151 Å². The molecule has 2 aromatic rings. The summed E-state index contributed by atoms with van der Waals surface area (Å²) in [7, 11) is 0. The minimum absolute atomic E-state index is 0.0743. The second-order valence-corrected chi connectivity index (χ2v) is 7.91. The van der Waals surface area contributed by atoms with Crippen molar-refractivity contribution in [1.82, 2.24) is 4.57 Å². The van der Waals surface area contributed by atoms with E-state index in [1.54, 1.807) is 6.07 Å². The Bertz CT molecular complexity index is 858. The van der Waals surface area contributed by atoms with Crippen LogP contribution in [-0.2, 0) is 23.6 Å². The molecule has 0 N–H and O–H groups in total. The first-order chi connectivity index (χ1) is 11.0. The topological polar surface area (TPSA) is 31.2 Å². The average molecular weight is 448 g/mol. The van der Waals surface area contributed by atoms with Crippen molar-refractivity contribution in [3.63, 3.8) is 0 Å². The van der Waals surface area contributed by atoms with E-state index in [1.807, 2.05) is 22.6 Å². The smallest absolute Gasteiger partial charge is 0.203 e. The molecule has 0 radical (unpaired) electrons. The molecule has 2 aliphatic rings. The van der Waals surface area contributed by atoms with Crippen LogP contribution in [0, 0.1) is 14.8 Å². The SMILES string of the molecule is O=c1c(I)c(CCl)n2c3c(cc(F)cc13)CC1(CCOCC1)C2. The first-order valence-electron chi connectivity index (χ1n) is 7.72. The molecule has 1 aromatic heterocycles. The van der Waals surface area contributed by atoms with Gasteiger partial charge in [-0.25, -0.2) is 4.39 Å². The maximum atomic E-state index is 14.1. The highest BCUT2D eigenvalue weighted by molar-refractivity contribution is 14.1. The number of alkyl halides is 1. The predicted molar refractivity (Wildman–Crippen MR) is 96.6 cm³/mol. The zero-order valence-electron chi connectivity index (χ0n) is 12.5. The lowest BCUT2D eigenvalue weighted by molar-refractivity contribution is 0.00372. The number of nitrogens with zero attached hydrogens (tertiary/aromatic N) is 1. The van der Waals surface area contributed by atoms with Gasteiger partial charge in [0, 0.05) is 25.1 Å². The molecule has 0 bridgehead atoms. The number of halogens is 3. The Hall–Kier alpha value is -0.660. The van der Waals surface area contributed by atoms with Crippen LogP contribution in [0.2, 0.25) is 0 Å². The summed E-state index contributed by atoms with van der Waals surface area (Å²) >= 11 is 8.20. The summed E-state index contributed by atoms with van der Waals surface area (Å²) in [6.07, 6.45) is 2.70. The number of hydrogen-bond donors (Lipinski definition) is 0. The van der Waals surface area contributed by atoms with Crippen molar-refractivity contribution in [3.05, 3.63) is 43.0 Å². The van der Waals surface area contributed by atoms with Crippen molar-refractivity contribution in [2.45, 2.75) is 31.7 Å². The number of ether oxygens (including phenoxy) is 1. The normalized spacial score (nSPS) is 19.4. The molecule has 0 atom stereocenters. The number of hydrogen-bond acceptors (Lipinski definition) is 2. The van der Waals surface area contributed by atoms with Gasteiger partial charge in [0.15, 0.2) is 0 Å². The molecule has 4 rings (SSSR count). The minimum atomic E-state index is -0.338. The lowest BCUT2D eigenvalue weighted by atomic mass is 9.72. The molecule has 122 valence electrons. The third-order valence-electron chi connectivity index (χ3n) is 5.19. The molecule has 1 fully saturated rings. The van der Waals surface area contributed by atoms with E-state index in [0.29, 0.717) is 8.96 Å². The Balaban J connectivity index is 2.04. The fraction of sp³-hybridized carbons (Fsp3) is 0.471. The molecule has 0 saturated carbocycles. The van der Waals surface area contributed by atoms with E-state index in [-0.39, 0.29) is 22.5 Å². The summed E-state index contributed by atoms with van der Waals surface area (Å²) in [4.78, 5) is 12.6. The third kappa shape index (κ3) is 2.43. The van der Waals surface area contributed by atoms with Crippen LogP contribution in [0.15, 0.2) is 16.9 Å². The van der Waals surface area contributed by atoms with Gasteiger partial charge in [-0.05, 0) is 65.0 Å². The largest absolute Gasteiger partial charge is 0.381 e. The summed E-state index contributed by atoms with van der Waals surface area (Å²) in [6, 6.07) is 2.94. The first-order valence-corrected chi connectivity index (χ1v) is 9.33. The fourth-order valence-corrected chi connectivity index (χ4v) is 5.30. The average Bonchev–Trinajstić information content (AvgIpc) is 2.53. The van der Waals surface area contributed by atoms with Gasteiger partial charge in [-0.1, -0.05) is 0 Å². The lowest BCUT2D eigenvalue weighted by Crippen LogP contribution is -2.40. The quantitative estimate of drug-likeness (QED) is 0.491. The first kappa shape index (κ1) is 15.8. The Kier molecular flexibility index (Phi) is 3.93. The van der Waals surface area contributed by atoms with Gasteiger partial charge >= 0.3 is 0 Å². The van der Waals surface area contributed by atoms with E-state index < -0.39 is 0 Å². The van der Waals surface area contributed by atoms with Gasteiger partial charge in [0.25, 0.3) is 0 Å². The number of aromatic nitrogens is 1. The maximum Gasteiger partial charge on any atom is 0.203 e. The van der Waals surface area contributed by atoms with E-state index in [0.717, 1.165) is 55.8 Å². The van der Waals surface area contributed by atoms with Crippen molar-refractivity contribution in [1.29, 1.82) is 0 Å². The molecule has 0 unspecified atom stereocenters. The highest BCUT2D eigenvalue weighted by Crippen LogP contribution is 2.42. The van der Waals surface area contributed by atoms with E-state index in [1.165, 1.54) is 6.07 Å². The van der Waals surface area contributed by atoms with Crippen molar-refractivity contribution in [2.24, 2.45) is 5.41 Å². The van der Waals surface area contributed by atoms with E-state index in [2.05, 4.69) is 4.57 Å². The van der Waals surface area contributed by atoms with Crippen LogP contribution in [-0.4, -0.2) is 17.8 Å². The van der Waals surface area contributed by atoms with Crippen LogP contribution in [0.4, 0.5) is 4.39 Å². The minimum Gasteiger partial charge on any atom is -0.381 e. The van der Waals surface area contributed by atoms with Gasteiger partial charge in [0.05, 0.1) is 20.7 Å². The standard InChI is InChI=1S/C17H16ClFINO2/c18-8-13-14(20)16(22)12-6-11(19)5-10-7-17(1-3-23-4-2-17)9-21(13)15(10)12/h5-6H,1-4,7-9H2. The Morgan fingerprint density at radius 3 is 2.78 bits per heavy atom. The molecule has 23 heavy (non-hydrogen) atoms. The molecular weight excluding hydrogens is 432 g/mol. The second-order valence-electron chi connectivity index (χ2n) is 6.56. The summed E-state index contributed by atoms with van der Waals surface area (Å²) in [5.41, 5.74) is 2.60. The summed E-state index contributed by atoms with van der Waals surface area (Å²) in [5, 5.41) is 0.472.